The Labute approximate surface area is 66.4 Å². The summed E-state index contributed by atoms with van der Waals surface area (Å²) in [7, 11) is 0. The number of halogens is 2. The van der Waals surface area contributed by atoms with E-state index in [1.165, 1.54) is 12.4 Å². The van der Waals surface area contributed by atoms with E-state index in [0.29, 0.717) is 9.13 Å². The fourth-order valence-corrected chi connectivity index (χ4v) is 1.10. The topological polar surface area (TPSA) is 12.9 Å². The molecule has 0 spiro atoms. The summed E-state index contributed by atoms with van der Waals surface area (Å²) in [5, 5.41) is 0. The van der Waals surface area contributed by atoms with Gasteiger partial charge in [-0.05, 0) is 29.5 Å². The van der Waals surface area contributed by atoms with Crippen LogP contribution in [-0.2, 0) is 0 Å². The van der Waals surface area contributed by atoms with Gasteiger partial charge < -0.3 is 0 Å². The van der Waals surface area contributed by atoms with Crippen LogP contribution in [0.3, 0.4) is 0 Å². The Morgan fingerprint density at radius 3 is 2.67 bits per heavy atom. The fourth-order valence-electron chi connectivity index (χ4n) is 0.516. The molecule has 0 aromatic carbocycles. The molecule has 0 fully saturated rings. The van der Waals surface area contributed by atoms with E-state index in [1.807, 2.05) is 22.6 Å². The van der Waals surface area contributed by atoms with Gasteiger partial charge in [0, 0.05) is 18.0 Å². The number of rotatable bonds is 0. The Balaban J connectivity index is 3.25. The molecule has 0 atom stereocenters. The third-order valence-corrected chi connectivity index (χ3v) is 1.76. The van der Waals surface area contributed by atoms with E-state index in [4.69, 9.17) is 0 Å². The SMILES string of the molecule is Cc1cncc(I)c1F. The minimum atomic E-state index is -0.161. The maximum absolute atomic E-state index is 12.7. The van der Waals surface area contributed by atoms with Crippen LogP contribution in [0.5, 0.6) is 0 Å². The van der Waals surface area contributed by atoms with Crippen molar-refractivity contribution >= 4 is 22.6 Å². The lowest BCUT2D eigenvalue weighted by Gasteiger charge is -1.94. The molecule has 1 aromatic heterocycles. The molecule has 0 aliphatic carbocycles. The zero-order valence-electron chi connectivity index (χ0n) is 4.86. The van der Waals surface area contributed by atoms with Crippen molar-refractivity contribution in [3.8, 4) is 0 Å². The maximum Gasteiger partial charge on any atom is 0.142 e. The fraction of sp³-hybridized carbons (Fsp3) is 0.167. The molecule has 0 N–H and O–H groups in total. The van der Waals surface area contributed by atoms with Crippen LogP contribution in [0.15, 0.2) is 12.4 Å². The van der Waals surface area contributed by atoms with E-state index in [0.717, 1.165) is 0 Å². The highest BCUT2D eigenvalue weighted by Gasteiger charge is 1.99. The first-order valence-corrected chi connectivity index (χ1v) is 3.55. The number of aromatic nitrogens is 1. The van der Waals surface area contributed by atoms with Gasteiger partial charge in [-0.3, -0.25) is 4.98 Å². The normalized spacial score (nSPS) is 9.67. The third kappa shape index (κ3) is 1.38. The number of nitrogens with zero attached hydrogens (tertiary/aromatic N) is 1. The van der Waals surface area contributed by atoms with Crippen molar-refractivity contribution in [3.05, 3.63) is 27.3 Å². The average Bonchev–Trinajstić information content (AvgIpc) is 1.83. The van der Waals surface area contributed by atoms with Gasteiger partial charge in [-0.2, -0.15) is 0 Å². The van der Waals surface area contributed by atoms with Gasteiger partial charge >= 0.3 is 0 Å². The largest absolute Gasteiger partial charge is 0.263 e. The molecular formula is C6H5FIN. The second kappa shape index (κ2) is 2.60. The molecule has 0 amide bonds. The van der Waals surface area contributed by atoms with E-state index in [9.17, 15) is 4.39 Å². The monoisotopic (exact) mass is 237 g/mol. The van der Waals surface area contributed by atoms with Gasteiger partial charge in [-0.1, -0.05) is 0 Å². The maximum atomic E-state index is 12.7. The molecule has 1 aromatic rings. The van der Waals surface area contributed by atoms with Crippen molar-refractivity contribution in [2.45, 2.75) is 6.92 Å². The van der Waals surface area contributed by atoms with Gasteiger partial charge in [0.1, 0.15) is 5.82 Å². The lowest BCUT2D eigenvalue weighted by Crippen LogP contribution is -1.87. The van der Waals surface area contributed by atoms with Crippen LogP contribution >= 0.6 is 22.6 Å². The minimum absolute atomic E-state index is 0.161. The first-order chi connectivity index (χ1) is 4.22. The first kappa shape index (κ1) is 6.92. The summed E-state index contributed by atoms with van der Waals surface area (Å²) in [6.07, 6.45) is 3.01. The highest BCUT2D eigenvalue weighted by Crippen LogP contribution is 2.11. The Kier molecular flexibility index (Phi) is 2.00. The highest BCUT2D eigenvalue weighted by atomic mass is 127. The number of hydrogen-bond donors (Lipinski definition) is 0. The van der Waals surface area contributed by atoms with Crippen LogP contribution in [0.1, 0.15) is 5.56 Å². The smallest absolute Gasteiger partial charge is 0.142 e. The van der Waals surface area contributed by atoms with Gasteiger partial charge in [-0.25, -0.2) is 4.39 Å². The van der Waals surface area contributed by atoms with Crippen molar-refractivity contribution in [1.82, 2.24) is 4.98 Å². The Hall–Kier alpha value is -0.190. The minimum Gasteiger partial charge on any atom is -0.263 e. The van der Waals surface area contributed by atoms with Crippen LogP contribution in [0.2, 0.25) is 0 Å². The van der Waals surface area contributed by atoms with Crippen LogP contribution < -0.4 is 0 Å². The Morgan fingerprint density at radius 2 is 2.22 bits per heavy atom. The molecule has 0 bridgehead atoms. The molecule has 1 heterocycles. The van der Waals surface area contributed by atoms with Crippen molar-refractivity contribution in [3.63, 3.8) is 0 Å². The molecule has 0 unspecified atom stereocenters. The van der Waals surface area contributed by atoms with Crippen molar-refractivity contribution in [2.24, 2.45) is 0 Å². The Bertz CT molecular complexity index is 204. The molecule has 1 rings (SSSR count). The van der Waals surface area contributed by atoms with Gasteiger partial charge in [0.25, 0.3) is 0 Å². The molecular weight excluding hydrogens is 232 g/mol. The molecule has 0 saturated carbocycles. The molecule has 1 nitrogen and oxygen atoms in total. The molecule has 0 aliphatic rings. The van der Waals surface area contributed by atoms with E-state index in [-0.39, 0.29) is 5.82 Å². The predicted molar refractivity (Wildman–Crippen MR) is 41.6 cm³/mol. The van der Waals surface area contributed by atoms with E-state index < -0.39 is 0 Å². The zero-order valence-corrected chi connectivity index (χ0v) is 7.02. The summed E-state index contributed by atoms with van der Waals surface area (Å²) in [5.74, 6) is -0.161. The van der Waals surface area contributed by atoms with Gasteiger partial charge in [0.15, 0.2) is 0 Å². The van der Waals surface area contributed by atoms with E-state index >= 15 is 0 Å². The molecule has 0 radical (unpaired) electrons. The second-order valence-corrected chi connectivity index (χ2v) is 2.91. The summed E-state index contributed by atoms with van der Waals surface area (Å²) >= 11 is 1.91. The van der Waals surface area contributed by atoms with Crippen molar-refractivity contribution in [2.75, 3.05) is 0 Å². The van der Waals surface area contributed by atoms with Crippen molar-refractivity contribution in [1.29, 1.82) is 0 Å². The molecule has 0 saturated heterocycles. The standard InChI is InChI=1S/C6H5FIN/c1-4-2-9-3-5(8)6(4)7/h2-3H,1H3. The molecule has 48 valence electrons. The van der Waals surface area contributed by atoms with Gasteiger partial charge in [0.2, 0.25) is 0 Å². The Morgan fingerprint density at radius 1 is 1.56 bits per heavy atom. The lowest BCUT2D eigenvalue weighted by atomic mass is 10.3. The zero-order chi connectivity index (χ0) is 6.85. The van der Waals surface area contributed by atoms with Crippen LogP contribution in [0.4, 0.5) is 4.39 Å². The number of hydrogen-bond acceptors (Lipinski definition) is 1. The number of aryl methyl sites for hydroxylation is 1. The highest BCUT2D eigenvalue weighted by molar-refractivity contribution is 14.1. The average molecular weight is 237 g/mol. The lowest BCUT2D eigenvalue weighted by molar-refractivity contribution is 0.608. The third-order valence-electron chi connectivity index (χ3n) is 1.01. The summed E-state index contributed by atoms with van der Waals surface area (Å²) in [4.78, 5) is 3.80. The van der Waals surface area contributed by atoms with Gasteiger partial charge in [0.05, 0.1) is 3.57 Å². The van der Waals surface area contributed by atoms with Crippen LogP contribution in [0.25, 0.3) is 0 Å². The summed E-state index contributed by atoms with van der Waals surface area (Å²) in [5.41, 5.74) is 0.599. The predicted octanol–water partition coefficient (Wildman–Crippen LogP) is 2.13. The summed E-state index contributed by atoms with van der Waals surface area (Å²) < 4.78 is 13.3. The van der Waals surface area contributed by atoms with Crippen LogP contribution in [-0.4, -0.2) is 4.98 Å². The van der Waals surface area contributed by atoms with Crippen molar-refractivity contribution < 1.29 is 4.39 Å². The summed E-state index contributed by atoms with van der Waals surface area (Å²) in [6, 6.07) is 0. The van der Waals surface area contributed by atoms with E-state index in [2.05, 4.69) is 4.98 Å². The summed E-state index contributed by atoms with van der Waals surface area (Å²) in [6.45, 7) is 1.70. The molecule has 9 heavy (non-hydrogen) atoms. The second-order valence-electron chi connectivity index (χ2n) is 1.75. The van der Waals surface area contributed by atoms with E-state index in [1.54, 1.807) is 6.92 Å². The number of pyridine rings is 1. The van der Waals surface area contributed by atoms with Gasteiger partial charge in [-0.15, -0.1) is 0 Å². The first-order valence-electron chi connectivity index (χ1n) is 2.47. The molecule has 3 heteroatoms. The molecule has 0 aliphatic heterocycles. The van der Waals surface area contributed by atoms with Crippen LogP contribution in [0, 0.1) is 16.3 Å². The quantitative estimate of drug-likeness (QED) is 0.630.